The fourth-order valence-electron chi connectivity index (χ4n) is 3.22. The van der Waals surface area contributed by atoms with E-state index >= 15 is 0 Å². The molecule has 0 aromatic carbocycles. The topological polar surface area (TPSA) is 84.2 Å². The number of hydrogen-bond acceptors (Lipinski definition) is 5. The Morgan fingerprint density at radius 3 is 2.95 bits per heavy atom. The molecule has 7 heteroatoms. The van der Waals surface area contributed by atoms with Gasteiger partial charge in [0, 0.05) is 17.6 Å². The molecule has 0 radical (unpaired) electrons. The van der Waals surface area contributed by atoms with Gasteiger partial charge >= 0.3 is 0 Å². The van der Waals surface area contributed by atoms with Gasteiger partial charge in [0.25, 0.3) is 0 Å². The molecule has 112 valence electrons. The van der Waals surface area contributed by atoms with Gasteiger partial charge < -0.3 is 9.84 Å². The van der Waals surface area contributed by atoms with E-state index in [0.717, 1.165) is 32.2 Å². The lowest BCUT2D eigenvalue weighted by Gasteiger charge is -2.48. The van der Waals surface area contributed by atoms with Crippen molar-refractivity contribution in [3.05, 3.63) is 17.5 Å². The van der Waals surface area contributed by atoms with Crippen molar-refractivity contribution in [2.75, 3.05) is 6.54 Å². The molecular weight excluding hydrogens is 278 g/mol. The second-order valence-electron chi connectivity index (χ2n) is 6.06. The summed E-state index contributed by atoms with van der Waals surface area (Å²) in [5.74, 6) is 0.520. The van der Waals surface area contributed by atoms with E-state index in [4.69, 9.17) is 4.52 Å². The molecule has 2 N–H and O–H groups in total. The molecule has 0 bridgehead atoms. The van der Waals surface area contributed by atoms with Gasteiger partial charge in [-0.1, -0.05) is 5.16 Å². The lowest BCUT2D eigenvalue weighted by atomic mass is 9.70. The number of hydrogen-bond donors (Lipinski definition) is 2. The quantitative estimate of drug-likeness (QED) is 0.869. The predicted molar refractivity (Wildman–Crippen MR) is 74.6 cm³/mol. The van der Waals surface area contributed by atoms with Crippen LogP contribution in [0.15, 0.2) is 10.6 Å². The lowest BCUT2D eigenvalue weighted by molar-refractivity contribution is 0.126. The van der Waals surface area contributed by atoms with Crippen molar-refractivity contribution < 1.29 is 12.9 Å². The fraction of sp³-hybridized carbons (Fsp3) is 0.769. The maximum absolute atomic E-state index is 12.2. The van der Waals surface area contributed by atoms with Gasteiger partial charge in [-0.2, -0.15) is 0 Å². The second-order valence-corrected chi connectivity index (χ2v) is 7.81. The van der Waals surface area contributed by atoms with E-state index in [2.05, 4.69) is 15.2 Å². The molecule has 1 atom stereocenters. The van der Waals surface area contributed by atoms with Crippen LogP contribution in [0.2, 0.25) is 0 Å². The summed E-state index contributed by atoms with van der Waals surface area (Å²) in [5, 5.41) is 7.28. The molecule has 1 aliphatic carbocycles. The molecule has 2 heterocycles. The summed E-state index contributed by atoms with van der Waals surface area (Å²) in [5.41, 5.74) is 0.651. The summed E-state index contributed by atoms with van der Waals surface area (Å²) in [6, 6.07) is 1.70. The van der Waals surface area contributed by atoms with Crippen LogP contribution in [0.3, 0.4) is 0 Å². The first-order valence-electron chi connectivity index (χ1n) is 7.14. The Labute approximate surface area is 119 Å². The zero-order chi connectivity index (χ0) is 14.2. The van der Waals surface area contributed by atoms with Gasteiger partial charge in [0.2, 0.25) is 10.0 Å². The maximum Gasteiger partial charge on any atom is 0.217 e. The van der Waals surface area contributed by atoms with Crippen LogP contribution in [0.25, 0.3) is 0 Å². The summed E-state index contributed by atoms with van der Waals surface area (Å²) < 4.78 is 32.1. The van der Waals surface area contributed by atoms with E-state index in [1.165, 1.54) is 6.42 Å². The van der Waals surface area contributed by atoms with Crippen molar-refractivity contribution in [3.8, 4) is 0 Å². The third-order valence-corrected chi connectivity index (χ3v) is 5.67. The number of rotatable bonds is 4. The van der Waals surface area contributed by atoms with Gasteiger partial charge in [-0.25, -0.2) is 13.1 Å². The van der Waals surface area contributed by atoms with Crippen LogP contribution in [0.4, 0.5) is 0 Å². The van der Waals surface area contributed by atoms with Crippen LogP contribution in [-0.4, -0.2) is 31.7 Å². The number of nitrogens with one attached hydrogen (secondary N) is 2. The number of sulfonamides is 1. The number of nitrogens with zero attached hydrogens (tertiary/aromatic N) is 1. The highest BCUT2D eigenvalue weighted by Gasteiger charge is 2.41. The Hall–Kier alpha value is -0.920. The third kappa shape index (κ3) is 3.05. The summed E-state index contributed by atoms with van der Waals surface area (Å²) >= 11 is 0. The minimum absolute atomic E-state index is 0.0366. The molecule has 1 aromatic rings. The van der Waals surface area contributed by atoms with E-state index in [9.17, 15) is 8.42 Å². The number of piperidine rings is 1. The molecule has 20 heavy (non-hydrogen) atoms. The molecule has 3 rings (SSSR count). The number of aryl methyl sites for hydroxylation is 1. The zero-order valence-electron chi connectivity index (χ0n) is 11.7. The molecule has 1 aromatic heterocycles. The van der Waals surface area contributed by atoms with Crippen molar-refractivity contribution >= 4 is 10.0 Å². The molecule has 1 spiro atoms. The second kappa shape index (κ2) is 5.13. The van der Waals surface area contributed by atoms with Gasteiger partial charge in [0.15, 0.2) is 0 Å². The van der Waals surface area contributed by atoms with E-state index < -0.39 is 10.0 Å². The van der Waals surface area contributed by atoms with Crippen LogP contribution in [0.5, 0.6) is 0 Å². The standard InChI is InChI=1S/C13H21N3O3S/c1-10-7-12(15-19-10)9-20(17,18)16-11-3-6-14-13(8-11)4-2-5-13/h7,11,14,16H,2-6,8-9H2,1H3. The van der Waals surface area contributed by atoms with Gasteiger partial charge in [0.05, 0.1) is 0 Å². The molecule has 1 saturated heterocycles. The van der Waals surface area contributed by atoms with Crippen LogP contribution < -0.4 is 10.0 Å². The molecule has 2 fully saturated rings. The van der Waals surface area contributed by atoms with Gasteiger partial charge in [0.1, 0.15) is 17.2 Å². The summed E-state index contributed by atoms with van der Waals surface area (Å²) in [6.45, 7) is 2.64. The average Bonchev–Trinajstić information content (AvgIpc) is 2.71. The first kappa shape index (κ1) is 14.0. The van der Waals surface area contributed by atoms with Gasteiger partial charge in [-0.15, -0.1) is 0 Å². The Bertz CT molecular complexity index is 577. The van der Waals surface area contributed by atoms with E-state index in [1.807, 2.05) is 0 Å². The fourth-order valence-corrected chi connectivity index (χ4v) is 4.54. The first-order valence-corrected chi connectivity index (χ1v) is 8.79. The molecule has 0 amide bonds. The SMILES string of the molecule is Cc1cc(CS(=O)(=O)NC2CCNC3(CCC3)C2)no1. The van der Waals surface area contributed by atoms with Crippen molar-refractivity contribution in [1.82, 2.24) is 15.2 Å². The minimum atomic E-state index is -3.36. The lowest BCUT2D eigenvalue weighted by Crippen LogP contribution is -2.59. The van der Waals surface area contributed by atoms with Crippen molar-refractivity contribution in [2.24, 2.45) is 0 Å². The van der Waals surface area contributed by atoms with Crippen molar-refractivity contribution in [2.45, 2.75) is 56.4 Å². The summed E-state index contributed by atoms with van der Waals surface area (Å²) in [7, 11) is -3.36. The van der Waals surface area contributed by atoms with E-state index in [0.29, 0.717) is 11.5 Å². The first-order chi connectivity index (χ1) is 9.46. The van der Waals surface area contributed by atoms with Gasteiger partial charge in [-0.3, -0.25) is 0 Å². The molecule has 6 nitrogen and oxygen atoms in total. The minimum Gasteiger partial charge on any atom is -0.361 e. The predicted octanol–water partition coefficient (Wildman–Crippen LogP) is 1.08. The average molecular weight is 299 g/mol. The Kier molecular flexibility index (Phi) is 3.60. The third-order valence-electron chi connectivity index (χ3n) is 4.30. The highest BCUT2D eigenvalue weighted by atomic mass is 32.2. The Morgan fingerprint density at radius 2 is 2.35 bits per heavy atom. The van der Waals surface area contributed by atoms with Crippen LogP contribution in [0, 0.1) is 6.92 Å². The normalized spacial score (nSPS) is 25.6. The van der Waals surface area contributed by atoms with E-state index in [-0.39, 0.29) is 17.3 Å². The summed E-state index contributed by atoms with van der Waals surface area (Å²) in [6.07, 6.45) is 5.30. The van der Waals surface area contributed by atoms with Crippen molar-refractivity contribution in [1.29, 1.82) is 0 Å². The van der Waals surface area contributed by atoms with Crippen molar-refractivity contribution in [3.63, 3.8) is 0 Å². The molecule has 1 aliphatic heterocycles. The van der Waals surface area contributed by atoms with Crippen LogP contribution in [0.1, 0.15) is 43.6 Å². The van der Waals surface area contributed by atoms with E-state index in [1.54, 1.807) is 13.0 Å². The van der Waals surface area contributed by atoms with Crippen LogP contribution in [-0.2, 0) is 15.8 Å². The molecular formula is C13H21N3O3S. The largest absolute Gasteiger partial charge is 0.361 e. The summed E-state index contributed by atoms with van der Waals surface area (Å²) in [4.78, 5) is 0. The Morgan fingerprint density at radius 1 is 1.55 bits per heavy atom. The zero-order valence-corrected chi connectivity index (χ0v) is 12.5. The molecule has 2 aliphatic rings. The van der Waals surface area contributed by atoms with Crippen LogP contribution >= 0.6 is 0 Å². The smallest absolute Gasteiger partial charge is 0.217 e. The Balaban J connectivity index is 1.61. The monoisotopic (exact) mass is 299 g/mol. The maximum atomic E-state index is 12.2. The van der Waals surface area contributed by atoms with Gasteiger partial charge in [-0.05, 0) is 45.6 Å². The molecule has 1 saturated carbocycles. The highest BCUT2D eigenvalue weighted by molar-refractivity contribution is 7.88. The highest BCUT2D eigenvalue weighted by Crippen LogP contribution is 2.38. The molecule has 1 unspecified atom stereocenters. The number of aromatic nitrogens is 1.